The molecule has 0 aliphatic carbocycles. The quantitative estimate of drug-likeness (QED) is 0.0755. The average molecular weight is 813 g/mol. The van der Waals surface area contributed by atoms with Gasteiger partial charge in [-0.25, -0.2) is 4.79 Å². The van der Waals surface area contributed by atoms with Crippen molar-refractivity contribution in [2.24, 2.45) is 10.8 Å². The van der Waals surface area contributed by atoms with Crippen LogP contribution < -0.4 is 0 Å². The molecule has 0 unspecified atom stereocenters. The second-order valence-corrected chi connectivity index (χ2v) is 16.6. The van der Waals surface area contributed by atoms with Crippen LogP contribution in [0.2, 0.25) is 0 Å². The lowest BCUT2D eigenvalue weighted by molar-refractivity contribution is -0.327. The predicted molar refractivity (Wildman–Crippen MR) is 206 cm³/mol. The first kappa shape index (κ1) is 48.4. The third-order valence-electron chi connectivity index (χ3n) is 10.8. The summed E-state index contributed by atoms with van der Waals surface area (Å²) >= 11 is 0. The highest BCUT2D eigenvalue weighted by atomic mass is 16.7. The van der Waals surface area contributed by atoms with Gasteiger partial charge in [0, 0.05) is 49.2 Å². The van der Waals surface area contributed by atoms with Crippen molar-refractivity contribution in [1.29, 1.82) is 0 Å². The van der Waals surface area contributed by atoms with Gasteiger partial charge in [-0.05, 0) is 37.3 Å². The van der Waals surface area contributed by atoms with Crippen molar-refractivity contribution < 1.29 is 72.4 Å². The Hall–Kier alpha value is -2.92. The molecule has 0 radical (unpaired) electrons. The smallest absolute Gasteiger partial charge is 0.330 e. The minimum absolute atomic E-state index is 0.0364. The van der Waals surface area contributed by atoms with Crippen LogP contribution >= 0.6 is 0 Å². The molecular formula is C42H68O15. The lowest BCUT2D eigenvalue weighted by Gasteiger charge is -2.51. The standard InChI is InChI=1S/C42H68O15/c1-8-10-11-12-13-14-35(46)56-39-28(22-36(47)50-7)21-31-24-32(26-43)54-37(48)23-29(44)16-19-51-33(40(3,4)27-53-34(45)9-2)25-30-17-20-52-38(55-30)15-18-41(5,6)42(39,49)57-31/h15,18,22,29-33,38-39,43-44,49H,8-14,16-17,19-21,23-27H2,1-7H3/b18-15+,28-22+/t29-,30+,31+,32-,33+,38+,39+,42-/m1/s1. The third-order valence-corrected chi connectivity index (χ3v) is 10.8. The van der Waals surface area contributed by atoms with Crippen LogP contribution in [0.3, 0.4) is 0 Å². The maximum Gasteiger partial charge on any atom is 0.330 e. The van der Waals surface area contributed by atoms with E-state index in [0.717, 1.165) is 31.8 Å². The Labute approximate surface area is 337 Å². The number of hydrogen-bond acceptors (Lipinski definition) is 15. The van der Waals surface area contributed by atoms with E-state index in [1.165, 1.54) is 7.11 Å². The molecule has 15 heteroatoms. The van der Waals surface area contributed by atoms with Crippen LogP contribution in [0.15, 0.2) is 23.8 Å². The fraction of sp³-hybridized carbons (Fsp3) is 0.810. The molecule has 0 saturated carbocycles. The first-order chi connectivity index (χ1) is 27.0. The third kappa shape index (κ3) is 15.0. The number of hydrogen-bond donors (Lipinski definition) is 3. The Morgan fingerprint density at radius 2 is 1.70 bits per heavy atom. The van der Waals surface area contributed by atoms with E-state index < -0.39 is 77.9 Å². The lowest BCUT2D eigenvalue weighted by atomic mass is 9.74. The minimum Gasteiger partial charge on any atom is -0.466 e. The van der Waals surface area contributed by atoms with E-state index in [4.69, 9.17) is 37.9 Å². The molecule has 57 heavy (non-hydrogen) atoms. The van der Waals surface area contributed by atoms with Gasteiger partial charge in [0.2, 0.25) is 5.79 Å². The van der Waals surface area contributed by atoms with Crippen LogP contribution in [0, 0.1) is 10.8 Å². The number of methoxy groups -OCH3 is 1. The summed E-state index contributed by atoms with van der Waals surface area (Å²) in [6, 6.07) is 0. The second kappa shape index (κ2) is 23.0. The Morgan fingerprint density at radius 1 is 0.982 bits per heavy atom. The minimum atomic E-state index is -2.31. The molecular weight excluding hydrogens is 744 g/mol. The van der Waals surface area contributed by atoms with Crippen molar-refractivity contribution in [2.45, 2.75) is 174 Å². The van der Waals surface area contributed by atoms with Gasteiger partial charge in [-0.15, -0.1) is 0 Å². The Kier molecular flexibility index (Phi) is 19.6. The molecule has 0 aromatic heterocycles. The topological polar surface area (TPSA) is 203 Å². The molecule has 3 rings (SSSR count). The van der Waals surface area contributed by atoms with E-state index in [-0.39, 0.29) is 69.4 Å². The molecule has 0 amide bonds. The predicted octanol–water partition coefficient (Wildman–Crippen LogP) is 4.75. The lowest BCUT2D eigenvalue weighted by Crippen LogP contribution is -2.62. The maximum atomic E-state index is 13.4. The highest BCUT2D eigenvalue weighted by Gasteiger charge is 2.57. The van der Waals surface area contributed by atoms with Gasteiger partial charge in [0.05, 0.1) is 57.8 Å². The molecule has 15 nitrogen and oxygen atoms in total. The summed E-state index contributed by atoms with van der Waals surface area (Å²) in [7, 11) is 1.20. The molecule has 0 aromatic rings. The molecule has 3 heterocycles. The molecule has 3 aliphatic rings. The fourth-order valence-corrected chi connectivity index (χ4v) is 7.13. The van der Waals surface area contributed by atoms with Gasteiger partial charge in [-0.1, -0.05) is 73.3 Å². The van der Waals surface area contributed by atoms with Gasteiger partial charge in [0.1, 0.15) is 6.10 Å². The molecule has 8 atom stereocenters. The summed E-state index contributed by atoms with van der Waals surface area (Å²) in [5.74, 6) is -4.75. The summed E-state index contributed by atoms with van der Waals surface area (Å²) in [6.07, 6.45) is 3.34. The van der Waals surface area contributed by atoms with Gasteiger partial charge < -0.3 is 53.2 Å². The summed E-state index contributed by atoms with van der Waals surface area (Å²) in [5.41, 5.74) is -1.81. The number of carbonyl (C=O) groups is 4. The van der Waals surface area contributed by atoms with Gasteiger partial charge in [0.15, 0.2) is 12.4 Å². The number of ether oxygens (including phenoxy) is 8. The van der Waals surface area contributed by atoms with Gasteiger partial charge >= 0.3 is 23.9 Å². The summed E-state index contributed by atoms with van der Waals surface area (Å²) < 4.78 is 47.1. The average Bonchev–Trinajstić information content (AvgIpc) is 3.16. The zero-order valence-corrected chi connectivity index (χ0v) is 35.0. The van der Waals surface area contributed by atoms with Crippen molar-refractivity contribution in [3.05, 3.63) is 23.8 Å². The number of fused-ring (bicyclic) bond motifs is 4. The molecule has 2 fully saturated rings. The van der Waals surface area contributed by atoms with Crippen LogP contribution in [0.1, 0.15) is 125 Å². The molecule has 4 bridgehead atoms. The van der Waals surface area contributed by atoms with E-state index >= 15 is 0 Å². The molecule has 2 saturated heterocycles. The van der Waals surface area contributed by atoms with Crippen LogP contribution in [-0.4, -0.2) is 121 Å². The Balaban J connectivity index is 2.04. The first-order valence-electron chi connectivity index (χ1n) is 20.6. The highest BCUT2D eigenvalue weighted by Crippen LogP contribution is 2.47. The summed E-state index contributed by atoms with van der Waals surface area (Å²) in [5, 5.41) is 33.8. The number of rotatable bonds is 13. The van der Waals surface area contributed by atoms with Gasteiger partial charge in [0.25, 0.3) is 0 Å². The van der Waals surface area contributed by atoms with Crippen LogP contribution in [-0.2, 0) is 57.1 Å². The van der Waals surface area contributed by atoms with E-state index in [1.54, 1.807) is 32.9 Å². The van der Waals surface area contributed by atoms with E-state index in [9.17, 15) is 34.5 Å². The number of unbranched alkanes of at least 4 members (excludes halogenated alkanes) is 4. The molecule has 0 spiro atoms. The van der Waals surface area contributed by atoms with Crippen molar-refractivity contribution in [2.75, 3.05) is 33.5 Å². The summed E-state index contributed by atoms with van der Waals surface area (Å²) in [4.78, 5) is 51.2. The zero-order chi connectivity index (χ0) is 42.2. The maximum absolute atomic E-state index is 13.4. The largest absolute Gasteiger partial charge is 0.466 e. The highest BCUT2D eigenvalue weighted by molar-refractivity contribution is 5.83. The van der Waals surface area contributed by atoms with Crippen LogP contribution in [0.5, 0.6) is 0 Å². The zero-order valence-electron chi connectivity index (χ0n) is 35.0. The number of esters is 4. The Bertz CT molecular complexity index is 1360. The van der Waals surface area contributed by atoms with Crippen LogP contribution in [0.4, 0.5) is 0 Å². The number of cyclic esters (lactones) is 1. The second-order valence-electron chi connectivity index (χ2n) is 16.6. The number of aliphatic hydroxyl groups is 3. The fourth-order valence-electron chi connectivity index (χ4n) is 7.13. The monoisotopic (exact) mass is 812 g/mol. The number of carbonyl (C=O) groups excluding carboxylic acids is 4. The molecule has 0 aromatic carbocycles. The van der Waals surface area contributed by atoms with Crippen molar-refractivity contribution in [3.8, 4) is 0 Å². The van der Waals surface area contributed by atoms with Crippen molar-refractivity contribution in [3.63, 3.8) is 0 Å². The molecule has 326 valence electrons. The van der Waals surface area contributed by atoms with Crippen LogP contribution in [0.25, 0.3) is 0 Å². The van der Waals surface area contributed by atoms with E-state index in [0.29, 0.717) is 25.9 Å². The molecule has 3 aliphatic heterocycles. The molecule has 3 N–H and O–H groups in total. The van der Waals surface area contributed by atoms with Crippen molar-refractivity contribution in [1.82, 2.24) is 0 Å². The SMILES string of the molecule is CCCCCCCC(=O)O[C@H]1/C(=C/C(=O)OC)C[C@H]2C[C@H](CO)OC(=O)C[C@H](O)CCO[C@H](C(C)(C)COC(=O)CC)C[C@@H]3CCO[C@H](/C=C/C(C)(C)[C@]1(O)O2)O3. The Morgan fingerprint density at radius 3 is 2.39 bits per heavy atom. The van der Waals surface area contributed by atoms with Gasteiger partial charge in [-0.2, -0.15) is 0 Å². The number of aliphatic hydroxyl groups excluding tert-OH is 2. The summed E-state index contributed by atoms with van der Waals surface area (Å²) in [6.45, 7) is 10.9. The first-order valence-corrected chi connectivity index (χ1v) is 20.6. The normalized spacial score (nSPS) is 31.7. The van der Waals surface area contributed by atoms with Crippen molar-refractivity contribution >= 4 is 23.9 Å². The van der Waals surface area contributed by atoms with E-state index in [1.807, 2.05) is 13.8 Å². The van der Waals surface area contributed by atoms with E-state index in [2.05, 4.69) is 6.92 Å². The van der Waals surface area contributed by atoms with Gasteiger partial charge in [-0.3, -0.25) is 14.4 Å².